The van der Waals surface area contributed by atoms with Crippen LogP contribution in [0, 0.1) is 0 Å². The molecule has 2 rings (SSSR count). The molecule has 0 radical (unpaired) electrons. The Labute approximate surface area is 129 Å². The maximum atomic E-state index is 12.5. The maximum Gasteiger partial charge on any atom is 0.330 e. The first-order chi connectivity index (χ1) is 10.5. The lowest BCUT2D eigenvalue weighted by molar-refractivity contribution is -0.134. The normalized spacial score (nSPS) is 11.3. The summed E-state index contributed by atoms with van der Waals surface area (Å²) in [4.78, 5) is 11.2. The van der Waals surface area contributed by atoms with Crippen molar-refractivity contribution in [2.45, 2.75) is 4.90 Å². The lowest BCUT2D eigenvalue weighted by atomic mass is 10.2. The average Bonchev–Trinajstić information content (AvgIpc) is 2.53. The Morgan fingerprint density at radius 3 is 2.36 bits per heavy atom. The van der Waals surface area contributed by atoms with E-state index >= 15 is 0 Å². The minimum absolute atomic E-state index is 0.0824. The van der Waals surface area contributed by atoms with Gasteiger partial charge in [0, 0.05) is 11.8 Å². The first-order valence-electron chi connectivity index (χ1n) is 6.46. The van der Waals surface area contributed by atoms with E-state index in [2.05, 4.69) is 9.46 Å². The highest BCUT2D eigenvalue weighted by Gasteiger charge is 2.17. The molecule has 0 saturated heterocycles. The van der Waals surface area contributed by atoms with E-state index in [1.807, 2.05) is 0 Å². The number of hydrogen-bond acceptors (Lipinski definition) is 4. The van der Waals surface area contributed by atoms with Crippen molar-refractivity contribution in [2.75, 3.05) is 11.8 Å². The second kappa shape index (κ2) is 6.91. The summed E-state index contributed by atoms with van der Waals surface area (Å²) < 4.78 is 32.0. The summed E-state index contributed by atoms with van der Waals surface area (Å²) in [7, 11) is -2.50. The van der Waals surface area contributed by atoms with Crippen molar-refractivity contribution < 1.29 is 17.9 Å². The van der Waals surface area contributed by atoms with Gasteiger partial charge in [-0.1, -0.05) is 36.4 Å². The Morgan fingerprint density at radius 1 is 1.05 bits per heavy atom. The number of methoxy groups -OCH3 is 1. The van der Waals surface area contributed by atoms with Crippen LogP contribution in [0.3, 0.4) is 0 Å². The van der Waals surface area contributed by atoms with Gasteiger partial charge in [0.15, 0.2) is 0 Å². The molecular weight excluding hydrogens is 302 g/mol. The third kappa shape index (κ3) is 3.95. The minimum atomic E-state index is -3.75. The molecule has 0 atom stereocenters. The maximum absolute atomic E-state index is 12.5. The summed E-state index contributed by atoms with van der Waals surface area (Å²) in [6.45, 7) is 0. The summed E-state index contributed by atoms with van der Waals surface area (Å²) >= 11 is 0. The number of sulfonamides is 1. The molecule has 22 heavy (non-hydrogen) atoms. The van der Waals surface area contributed by atoms with Crippen molar-refractivity contribution in [1.29, 1.82) is 0 Å². The molecule has 0 unspecified atom stereocenters. The minimum Gasteiger partial charge on any atom is -0.466 e. The third-order valence-corrected chi connectivity index (χ3v) is 4.29. The van der Waals surface area contributed by atoms with Crippen LogP contribution in [0.25, 0.3) is 6.08 Å². The molecule has 1 N–H and O–H groups in total. The fraction of sp³-hybridized carbons (Fsp3) is 0.0625. The van der Waals surface area contributed by atoms with E-state index in [-0.39, 0.29) is 4.90 Å². The lowest BCUT2D eigenvalue weighted by Crippen LogP contribution is -2.14. The standard InChI is InChI=1S/C16H15NO4S/c1-21-16(18)12-11-13-7-5-6-10-15(13)22(19,20)17-14-8-3-2-4-9-14/h2-12,17H,1H3/b12-11+. The molecule has 0 amide bonds. The van der Waals surface area contributed by atoms with Gasteiger partial charge in [-0.2, -0.15) is 0 Å². The van der Waals surface area contributed by atoms with Crippen molar-refractivity contribution in [1.82, 2.24) is 0 Å². The van der Waals surface area contributed by atoms with Crippen LogP contribution in [-0.4, -0.2) is 21.5 Å². The van der Waals surface area contributed by atoms with Crippen LogP contribution in [0.2, 0.25) is 0 Å². The average molecular weight is 317 g/mol. The smallest absolute Gasteiger partial charge is 0.330 e. The zero-order valence-corrected chi connectivity index (χ0v) is 12.7. The molecule has 0 aromatic heterocycles. The van der Waals surface area contributed by atoms with Crippen LogP contribution in [-0.2, 0) is 19.6 Å². The number of ether oxygens (including phenoxy) is 1. The predicted molar refractivity (Wildman–Crippen MR) is 84.7 cm³/mol. The fourth-order valence-corrected chi connectivity index (χ4v) is 3.07. The predicted octanol–water partition coefficient (Wildman–Crippen LogP) is 2.67. The summed E-state index contributed by atoms with van der Waals surface area (Å²) in [5.74, 6) is -0.553. The highest BCUT2D eigenvalue weighted by Crippen LogP contribution is 2.20. The molecule has 0 aliphatic heterocycles. The van der Waals surface area contributed by atoms with Crippen molar-refractivity contribution in [3.8, 4) is 0 Å². The molecule has 2 aromatic rings. The molecule has 0 aliphatic carbocycles. The monoisotopic (exact) mass is 317 g/mol. The first kappa shape index (κ1) is 15.8. The number of para-hydroxylation sites is 1. The number of hydrogen-bond donors (Lipinski definition) is 1. The number of nitrogens with one attached hydrogen (secondary N) is 1. The SMILES string of the molecule is COC(=O)/C=C/c1ccccc1S(=O)(=O)Nc1ccccc1. The molecule has 6 heteroatoms. The number of anilines is 1. The van der Waals surface area contributed by atoms with Crippen LogP contribution in [0.15, 0.2) is 65.6 Å². The van der Waals surface area contributed by atoms with Crippen molar-refractivity contribution >= 4 is 27.8 Å². The molecule has 0 spiro atoms. The summed E-state index contributed by atoms with van der Waals surface area (Å²) in [6.07, 6.45) is 2.59. The van der Waals surface area contributed by atoms with Gasteiger partial charge >= 0.3 is 5.97 Å². The van der Waals surface area contributed by atoms with Crippen molar-refractivity contribution in [3.05, 3.63) is 66.2 Å². The summed E-state index contributed by atoms with van der Waals surface area (Å²) in [5, 5.41) is 0. The molecule has 0 bridgehead atoms. The van der Waals surface area contributed by atoms with Crippen molar-refractivity contribution in [2.24, 2.45) is 0 Å². The van der Waals surface area contributed by atoms with Crippen LogP contribution >= 0.6 is 0 Å². The molecule has 114 valence electrons. The Bertz CT molecular complexity index is 783. The lowest BCUT2D eigenvalue weighted by Gasteiger charge is -2.10. The van der Waals surface area contributed by atoms with E-state index in [0.29, 0.717) is 11.3 Å². The summed E-state index contributed by atoms with van der Waals surface area (Å²) in [6, 6.07) is 15.0. The van der Waals surface area contributed by atoms with Gasteiger partial charge in [0.2, 0.25) is 0 Å². The number of rotatable bonds is 5. The van der Waals surface area contributed by atoms with Gasteiger partial charge in [-0.15, -0.1) is 0 Å². The van der Waals surface area contributed by atoms with Crippen LogP contribution in [0.1, 0.15) is 5.56 Å². The zero-order valence-electron chi connectivity index (χ0n) is 11.9. The van der Waals surface area contributed by atoms with Gasteiger partial charge in [-0.3, -0.25) is 4.72 Å². The van der Waals surface area contributed by atoms with E-state index in [4.69, 9.17) is 0 Å². The van der Waals surface area contributed by atoms with Crippen LogP contribution in [0.5, 0.6) is 0 Å². The Morgan fingerprint density at radius 2 is 1.68 bits per heavy atom. The van der Waals surface area contributed by atoms with Crippen LogP contribution < -0.4 is 4.72 Å². The van der Waals surface area contributed by atoms with Crippen molar-refractivity contribution in [3.63, 3.8) is 0 Å². The fourth-order valence-electron chi connectivity index (χ4n) is 1.81. The molecule has 0 heterocycles. The van der Waals surface area contributed by atoms with E-state index in [9.17, 15) is 13.2 Å². The summed E-state index contributed by atoms with van der Waals surface area (Å²) in [5.41, 5.74) is 0.866. The van der Waals surface area contributed by atoms with E-state index in [0.717, 1.165) is 0 Å². The Kier molecular flexibility index (Phi) is 4.95. The van der Waals surface area contributed by atoms with Gasteiger partial charge in [0.1, 0.15) is 0 Å². The van der Waals surface area contributed by atoms with Gasteiger partial charge in [-0.25, -0.2) is 13.2 Å². The van der Waals surface area contributed by atoms with Gasteiger partial charge in [0.25, 0.3) is 10.0 Å². The number of benzene rings is 2. The van der Waals surface area contributed by atoms with E-state index < -0.39 is 16.0 Å². The zero-order chi connectivity index (χ0) is 16.0. The molecule has 5 nitrogen and oxygen atoms in total. The quantitative estimate of drug-likeness (QED) is 0.680. The Hall–Kier alpha value is -2.60. The number of carbonyl (C=O) groups is 1. The van der Waals surface area contributed by atoms with Crippen LogP contribution in [0.4, 0.5) is 5.69 Å². The third-order valence-electron chi connectivity index (χ3n) is 2.83. The second-order valence-corrected chi connectivity index (χ2v) is 6.02. The van der Waals surface area contributed by atoms with Gasteiger partial charge in [-0.05, 0) is 29.8 Å². The highest BCUT2D eigenvalue weighted by molar-refractivity contribution is 7.92. The van der Waals surface area contributed by atoms with E-state index in [1.165, 1.54) is 25.3 Å². The van der Waals surface area contributed by atoms with Gasteiger partial charge < -0.3 is 4.74 Å². The Balaban J connectivity index is 2.35. The number of carbonyl (C=O) groups excluding carboxylic acids is 1. The number of esters is 1. The topological polar surface area (TPSA) is 72.5 Å². The second-order valence-electron chi connectivity index (χ2n) is 4.37. The molecule has 0 saturated carbocycles. The van der Waals surface area contributed by atoms with Gasteiger partial charge in [0.05, 0.1) is 12.0 Å². The molecular formula is C16H15NO4S. The molecule has 0 fully saturated rings. The highest BCUT2D eigenvalue weighted by atomic mass is 32.2. The largest absolute Gasteiger partial charge is 0.466 e. The molecule has 2 aromatic carbocycles. The first-order valence-corrected chi connectivity index (χ1v) is 7.94. The molecule has 0 aliphatic rings. The van der Waals surface area contributed by atoms with E-state index in [1.54, 1.807) is 48.5 Å².